The summed E-state index contributed by atoms with van der Waals surface area (Å²) in [6.07, 6.45) is 4.52. The number of nitrogens with one attached hydrogen (secondary N) is 1. The molecule has 0 saturated carbocycles. The van der Waals surface area contributed by atoms with Crippen molar-refractivity contribution in [3.8, 4) is 5.69 Å². The second kappa shape index (κ2) is 7.25. The van der Waals surface area contributed by atoms with E-state index in [2.05, 4.69) is 20.8 Å². The Morgan fingerprint density at radius 1 is 1.12 bits per heavy atom. The number of halogens is 2. The van der Waals surface area contributed by atoms with Crippen molar-refractivity contribution in [2.75, 3.05) is 5.32 Å². The number of rotatable bonds is 4. The molecule has 1 heterocycles. The topological polar surface area (TPSA) is 72.7 Å². The van der Waals surface area contributed by atoms with Crippen LogP contribution in [0, 0.1) is 0 Å². The first kappa shape index (κ1) is 16.2. The van der Waals surface area contributed by atoms with Gasteiger partial charge < -0.3 is 5.32 Å². The van der Waals surface area contributed by atoms with Gasteiger partial charge in [-0.15, -0.1) is 5.10 Å². The van der Waals surface area contributed by atoms with Crippen LogP contribution in [0.3, 0.4) is 0 Å². The number of hydrogen-bond acceptors (Lipinski definition) is 4. The highest BCUT2D eigenvalue weighted by Crippen LogP contribution is 2.20. The summed E-state index contributed by atoms with van der Waals surface area (Å²) in [5.41, 5.74) is 2.11. The van der Waals surface area contributed by atoms with E-state index in [1.54, 1.807) is 42.5 Å². The van der Waals surface area contributed by atoms with E-state index >= 15 is 0 Å². The summed E-state index contributed by atoms with van der Waals surface area (Å²) in [4.78, 5) is 12.0. The number of hydrogen-bond donors (Lipinski definition) is 1. The maximum Gasteiger partial charge on any atom is 0.248 e. The molecule has 1 N–H and O–H groups in total. The zero-order valence-electron chi connectivity index (χ0n) is 12.2. The minimum Gasteiger partial charge on any atom is -0.322 e. The molecule has 1 aromatic heterocycles. The Kier molecular flexibility index (Phi) is 4.88. The fourth-order valence-corrected chi connectivity index (χ4v) is 2.58. The van der Waals surface area contributed by atoms with E-state index in [0.29, 0.717) is 15.7 Å². The van der Waals surface area contributed by atoms with Gasteiger partial charge in [0.25, 0.3) is 0 Å². The van der Waals surface area contributed by atoms with Crippen molar-refractivity contribution in [2.24, 2.45) is 0 Å². The van der Waals surface area contributed by atoms with Crippen LogP contribution in [0.4, 0.5) is 5.69 Å². The Labute approximate surface area is 147 Å². The molecule has 0 fully saturated rings. The second-order valence-corrected chi connectivity index (χ2v) is 5.70. The van der Waals surface area contributed by atoms with Crippen LogP contribution in [0.2, 0.25) is 10.0 Å². The molecular weight excluding hydrogens is 349 g/mol. The lowest BCUT2D eigenvalue weighted by molar-refractivity contribution is -0.111. The monoisotopic (exact) mass is 359 g/mol. The van der Waals surface area contributed by atoms with Crippen molar-refractivity contribution in [1.29, 1.82) is 0 Å². The maximum absolute atomic E-state index is 12.0. The highest BCUT2D eigenvalue weighted by Gasteiger charge is 2.02. The van der Waals surface area contributed by atoms with Gasteiger partial charge in [0.2, 0.25) is 5.91 Å². The van der Waals surface area contributed by atoms with Gasteiger partial charge in [-0.1, -0.05) is 29.3 Å². The van der Waals surface area contributed by atoms with E-state index in [4.69, 9.17) is 23.2 Å². The smallest absolute Gasteiger partial charge is 0.248 e. The van der Waals surface area contributed by atoms with Gasteiger partial charge in [-0.3, -0.25) is 4.79 Å². The molecule has 0 aliphatic heterocycles. The highest BCUT2D eigenvalue weighted by molar-refractivity contribution is 6.34. The predicted octanol–water partition coefficient (Wildman–Crippen LogP) is 3.62. The van der Waals surface area contributed by atoms with Crippen LogP contribution in [0.15, 0.2) is 54.9 Å². The molecule has 120 valence electrons. The molecular formula is C16H11Cl2N5O. The molecule has 6 nitrogen and oxygen atoms in total. The molecule has 0 unspecified atom stereocenters. The minimum absolute atomic E-state index is 0.278. The zero-order chi connectivity index (χ0) is 16.9. The molecule has 0 saturated heterocycles. The first-order valence-corrected chi connectivity index (χ1v) is 7.64. The Balaban J connectivity index is 1.71. The Hall–Kier alpha value is -2.70. The summed E-state index contributed by atoms with van der Waals surface area (Å²) in [6, 6.07) is 12.2. The number of amides is 1. The van der Waals surface area contributed by atoms with Crippen LogP contribution in [0.5, 0.6) is 0 Å². The van der Waals surface area contributed by atoms with Gasteiger partial charge in [-0.2, -0.15) is 0 Å². The molecule has 1 amide bonds. The summed E-state index contributed by atoms with van der Waals surface area (Å²) >= 11 is 11.8. The Morgan fingerprint density at radius 3 is 2.62 bits per heavy atom. The third-order valence-electron chi connectivity index (χ3n) is 3.04. The molecule has 0 radical (unpaired) electrons. The molecule has 0 aliphatic rings. The van der Waals surface area contributed by atoms with Crippen LogP contribution >= 0.6 is 23.2 Å². The molecule has 24 heavy (non-hydrogen) atoms. The van der Waals surface area contributed by atoms with E-state index < -0.39 is 0 Å². The molecule has 0 aliphatic carbocycles. The SMILES string of the molecule is O=C(C=Cc1cc(Cl)cc(Cl)c1)Nc1cccc(-n2cnnn2)c1. The summed E-state index contributed by atoms with van der Waals surface area (Å²) < 4.78 is 1.50. The molecule has 0 spiro atoms. The fraction of sp³-hybridized carbons (Fsp3) is 0. The number of aromatic nitrogens is 4. The zero-order valence-corrected chi connectivity index (χ0v) is 13.7. The van der Waals surface area contributed by atoms with Crippen molar-refractivity contribution in [3.63, 3.8) is 0 Å². The predicted molar refractivity (Wildman–Crippen MR) is 93.3 cm³/mol. The third-order valence-corrected chi connectivity index (χ3v) is 3.48. The van der Waals surface area contributed by atoms with Crippen LogP contribution in [-0.4, -0.2) is 26.1 Å². The quantitative estimate of drug-likeness (QED) is 0.722. The summed E-state index contributed by atoms with van der Waals surface area (Å²) in [5, 5.41) is 14.8. The third kappa shape index (κ3) is 4.18. The number of carbonyl (C=O) groups excluding carboxylic acids is 1. The summed E-state index contributed by atoms with van der Waals surface area (Å²) in [6.45, 7) is 0. The average molecular weight is 360 g/mol. The second-order valence-electron chi connectivity index (χ2n) is 4.83. The van der Waals surface area contributed by atoms with Crippen molar-refractivity contribution in [1.82, 2.24) is 20.2 Å². The van der Waals surface area contributed by atoms with E-state index in [-0.39, 0.29) is 5.91 Å². The summed E-state index contributed by atoms with van der Waals surface area (Å²) in [7, 11) is 0. The number of benzene rings is 2. The highest BCUT2D eigenvalue weighted by atomic mass is 35.5. The molecule has 3 aromatic rings. The lowest BCUT2D eigenvalue weighted by atomic mass is 10.2. The Bertz CT molecular complexity index is 873. The first-order valence-electron chi connectivity index (χ1n) is 6.89. The largest absolute Gasteiger partial charge is 0.322 e. The van der Waals surface area contributed by atoms with Gasteiger partial charge in [0.1, 0.15) is 6.33 Å². The minimum atomic E-state index is -0.278. The summed E-state index contributed by atoms with van der Waals surface area (Å²) in [5.74, 6) is -0.278. The Morgan fingerprint density at radius 2 is 1.92 bits per heavy atom. The lowest BCUT2D eigenvalue weighted by Gasteiger charge is -2.05. The van der Waals surface area contributed by atoms with Crippen LogP contribution < -0.4 is 5.32 Å². The molecule has 2 aromatic carbocycles. The fourth-order valence-electron chi connectivity index (χ4n) is 2.03. The van der Waals surface area contributed by atoms with E-state index in [1.807, 2.05) is 6.07 Å². The van der Waals surface area contributed by atoms with E-state index in [9.17, 15) is 4.79 Å². The van der Waals surface area contributed by atoms with Gasteiger partial charge in [0.05, 0.1) is 5.69 Å². The van der Waals surface area contributed by atoms with Crippen molar-refractivity contribution in [3.05, 3.63) is 70.5 Å². The van der Waals surface area contributed by atoms with Crippen LogP contribution in [0.1, 0.15) is 5.56 Å². The molecule has 0 bridgehead atoms. The number of carbonyl (C=O) groups is 1. The lowest BCUT2D eigenvalue weighted by Crippen LogP contribution is -2.08. The molecule has 0 atom stereocenters. The standard InChI is InChI=1S/C16H11Cl2N5O/c17-12-6-11(7-13(18)8-12)4-5-16(24)20-14-2-1-3-15(9-14)23-10-19-21-22-23/h1-10H,(H,20,24). The number of anilines is 1. The number of nitrogens with zero attached hydrogens (tertiary/aromatic N) is 4. The van der Waals surface area contributed by atoms with Crippen molar-refractivity contribution in [2.45, 2.75) is 0 Å². The number of tetrazole rings is 1. The first-order chi connectivity index (χ1) is 11.6. The van der Waals surface area contributed by atoms with Gasteiger partial charge in [0.15, 0.2) is 0 Å². The van der Waals surface area contributed by atoms with E-state index in [0.717, 1.165) is 11.3 Å². The maximum atomic E-state index is 12.0. The van der Waals surface area contributed by atoms with Gasteiger partial charge in [-0.25, -0.2) is 4.68 Å². The van der Waals surface area contributed by atoms with Gasteiger partial charge in [0, 0.05) is 21.8 Å². The van der Waals surface area contributed by atoms with Crippen LogP contribution in [0.25, 0.3) is 11.8 Å². The average Bonchev–Trinajstić information content (AvgIpc) is 3.07. The van der Waals surface area contributed by atoms with Gasteiger partial charge >= 0.3 is 0 Å². The molecule has 8 heteroatoms. The van der Waals surface area contributed by atoms with Crippen molar-refractivity contribution >= 4 is 40.9 Å². The van der Waals surface area contributed by atoms with Gasteiger partial charge in [-0.05, 0) is 58.5 Å². The van der Waals surface area contributed by atoms with Crippen LogP contribution in [-0.2, 0) is 4.79 Å². The molecule has 3 rings (SSSR count). The van der Waals surface area contributed by atoms with Crippen molar-refractivity contribution < 1.29 is 4.79 Å². The normalized spacial score (nSPS) is 10.9. The van der Waals surface area contributed by atoms with E-state index in [1.165, 1.54) is 17.1 Å².